The van der Waals surface area contributed by atoms with Crippen molar-refractivity contribution >= 4 is 30.7 Å². The molecule has 26 heavy (non-hydrogen) atoms. The summed E-state index contributed by atoms with van der Waals surface area (Å²) in [6.07, 6.45) is 4.26. The third-order valence-corrected chi connectivity index (χ3v) is 4.51. The van der Waals surface area contributed by atoms with Crippen LogP contribution in [-0.4, -0.2) is 39.9 Å². The lowest BCUT2D eigenvalue weighted by Gasteiger charge is -2.34. The maximum atomic E-state index is 12.7. The van der Waals surface area contributed by atoms with Gasteiger partial charge in [0.2, 0.25) is 0 Å². The van der Waals surface area contributed by atoms with Crippen molar-refractivity contribution in [2.45, 2.75) is 32.2 Å². The standard InChI is InChI=1S/C18H22N4O2.2ClH/c1-12-5-7-13(8-6-12)16-20-11-15(17(23)21-16)18(24)22-9-3-2-4-14(22)10-19;;/h5-8,11,14H,2-4,9-10,19H2,1H3,(H,20,21,23);2*1H. The second-order valence-electron chi connectivity index (χ2n) is 6.22. The quantitative estimate of drug-likeness (QED) is 0.830. The molecule has 8 heteroatoms. The molecule has 0 spiro atoms. The van der Waals surface area contributed by atoms with Crippen LogP contribution >= 0.6 is 24.8 Å². The molecule has 0 aliphatic carbocycles. The molecule has 1 aliphatic rings. The first-order chi connectivity index (χ1) is 11.6. The zero-order valence-electron chi connectivity index (χ0n) is 14.6. The van der Waals surface area contributed by atoms with Crippen LogP contribution in [0.4, 0.5) is 0 Å². The average Bonchev–Trinajstić information content (AvgIpc) is 2.61. The number of carbonyl (C=O) groups excluding carboxylic acids is 1. The Hall–Kier alpha value is -1.89. The number of aromatic amines is 1. The lowest BCUT2D eigenvalue weighted by atomic mass is 10.0. The fraction of sp³-hybridized carbons (Fsp3) is 0.389. The van der Waals surface area contributed by atoms with E-state index in [0.717, 1.165) is 30.4 Å². The van der Waals surface area contributed by atoms with Crippen LogP contribution < -0.4 is 11.3 Å². The Kier molecular flexibility index (Phi) is 8.27. The number of nitrogens with two attached hydrogens (primary N) is 1. The van der Waals surface area contributed by atoms with Crippen LogP contribution in [0.15, 0.2) is 35.3 Å². The summed E-state index contributed by atoms with van der Waals surface area (Å²) in [5, 5.41) is 0. The maximum Gasteiger partial charge on any atom is 0.264 e. The van der Waals surface area contributed by atoms with Gasteiger partial charge in [0.25, 0.3) is 11.5 Å². The monoisotopic (exact) mass is 398 g/mol. The number of piperidine rings is 1. The smallest absolute Gasteiger partial charge is 0.264 e. The number of benzene rings is 1. The predicted octanol–water partition coefficient (Wildman–Crippen LogP) is 2.54. The van der Waals surface area contributed by atoms with Crippen LogP contribution in [0.2, 0.25) is 0 Å². The van der Waals surface area contributed by atoms with Crippen LogP contribution in [-0.2, 0) is 0 Å². The van der Waals surface area contributed by atoms with Crippen LogP contribution in [0.5, 0.6) is 0 Å². The molecular formula is C18H24Cl2N4O2. The minimum atomic E-state index is -0.410. The first-order valence-corrected chi connectivity index (χ1v) is 8.27. The lowest BCUT2D eigenvalue weighted by Crippen LogP contribution is -2.48. The Morgan fingerprint density at radius 1 is 1.27 bits per heavy atom. The summed E-state index contributed by atoms with van der Waals surface area (Å²) in [6.45, 7) is 3.05. The van der Waals surface area contributed by atoms with Crippen LogP contribution in [0.1, 0.15) is 35.2 Å². The van der Waals surface area contributed by atoms with E-state index >= 15 is 0 Å². The minimum absolute atomic E-state index is 0. The highest BCUT2D eigenvalue weighted by molar-refractivity contribution is 5.94. The number of amides is 1. The Morgan fingerprint density at radius 2 is 1.96 bits per heavy atom. The van der Waals surface area contributed by atoms with Gasteiger partial charge >= 0.3 is 0 Å². The van der Waals surface area contributed by atoms with Gasteiger partial charge in [-0.3, -0.25) is 9.59 Å². The molecule has 3 N–H and O–H groups in total. The lowest BCUT2D eigenvalue weighted by molar-refractivity contribution is 0.0621. The van der Waals surface area contributed by atoms with Gasteiger partial charge in [-0.25, -0.2) is 4.98 Å². The van der Waals surface area contributed by atoms with Crippen molar-refractivity contribution < 1.29 is 4.79 Å². The van der Waals surface area contributed by atoms with Crippen molar-refractivity contribution in [2.75, 3.05) is 13.1 Å². The van der Waals surface area contributed by atoms with E-state index < -0.39 is 5.56 Å². The van der Waals surface area contributed by atoms with E-state index in [1.165, 1.54) is 6.20 Å². The second-order valence-corrected chi connectivity index (χ2v) is 6.22. The van der Waals surface area contributed by atoms with Gasteiger partial charge in [-0.15, -0.1) is 24.8 Å². The Balaban J connectivity index is 0.00000169. The van der Waals surface area contributed by atoms with Gasteiger partial charge in [-0.2, -0.15) is 0 Å². The third kappa shape index (κ3) is 4.63. The number of rotatable bonds is 3. The predicted molar refractivity (Wildman–Crippen MR) is 107 cm³/mol. The highest BCUT2D eigenvalue weighted by Crippen LogP contribution is 2.18. The number of H-pyrrole nitrogens is 1. The molecule has 1 atom stereocenters. The Labute approximate surface area is 165 Å². The molecule has 2 aromatic rings. The molecule has 1 aromatic carbocycles. The number of hydrogen-bond donors (Lipinski definition) is 2. The van der Waals surface area contributed by atoms with Gasteiger partial charge in [0.05, 0.1) is 0 Å². The van der Waals surface area contributed by atoms with E-state index in [-0.39, 0.29) is 42.3 Å². The number of aromatic nitrogens is 2. The van der Waals surface area contributed by atoms with Gasteiger partial charge in [-0.1, -0.05) is 29.8 Å². The number of aryl methyl sites for hydroxylation is 1. The van der Waals surface area contributed by atoms with E-state index in [0.29, 0.717) is 18.9 Å². The summed E-state index contributed by atoms with van der Waals surface area (Å²) < 4.78 is 0. The SMILES string of the molecule is Cc1ccc(-c2ncc(C(=O)N3CCCCC3CN)c(=O)[nH]2)cc1.Cl.Cl. The summed E-state index contributed by atoms with van der Waals surface area (Å²) in [7, 11) is 0. The molecule has 2 heterocycles. The van der Waals surface area contributed by atoms with Crippen LogP contribution in [0.25, 0.3) is 11.4 Å². The molecule has 1 fully saturated rings. The first-order valence-electron chi connectivity index (χ1n) is 8.27. The van der Waals surface area contributed by atoms with E-state index in [2.05, 4.69) is 9.97 Å². The summed E-state index contributed by atoms with van der Waals surface area (Å²) in [4.78, 5) is 33.8. The molecule has 1 amide bonds. The molecule has 3 rings (SSSR count). The molecule has 1 aliphatic heterocycles. The topological polar surface area (TPSA) is 92.1 Å². The molecule has 0 saturated carbocycles. The van der Waals surface area contributed by atoms with Crippen molar-refractivity contribution in [3.8, 4) is 11.4 Å². The number of likely N-dealkylation sites (tertiary alicyclic amines) is 1. The zero-order chi connectivity index (χ0) is 17.1. The summed E-state index contributed by atoms with van der Waals surface area (Å²) >= 11 is 0. The maximum absolute atomic E-state index is 12.7. The Morgan fingerprint density at radius 3 is 2.58 bits per heavy atom. The largest absolute Gasteiger partial charge is 0.334 e. The number of nitrogens with zero attached hydrogens (tertiary/aromatic N) is 2. The van der Waals surface area contributed by atoms with E-state index in [9.17, 15) is 9.59 Å². The summed E-state index contributed by atoms with van der Waals surface area (Å²) in [5.41, 5.74) is 7.37. The molecule has 6 nitrogen and oxygen atoms in total. The normalized spacial score (nSPS) is 16.4. The summed E-state index contributed by atoms with van der Waals surface area (Å²) in [6, 6.07) is 7.69. The van der Waals surface area contributed by atoms with Gasteiger partial charge < -0.3 is 15.6 Å². The highest BCUT2D eigenvalue weighted by Gasteiger charge is 2.28. The van der Waals surface area contributed by atoms with Crippen molar-refractivity contribution in [1.82, 2.24) is 14.9 Å². The molecule has 1 saturated heterocycles. The number of hydrogen-bond acceptors (Lipinski definition) is 4. The van der Waals surface area contributed by atoms with Crippen molar-refractivity contribution in [1.29, 1.82) is 0 Å². The van der Waals surface area contributed by atoms with E-state index in [1.54, 1.807) is 4.90 Å². The van der Waals surface area contributed by atoms with Gasteiger partial charge in [0, 0.05) is 30.9 Å². The fourth-order valence-electron chi connectivity index (χ4n) is 3.07. The van der Waals surface area contributed by atoms with Crippen molar-refractivity contribution in [2.24, 2.45) is 5.73 Å². The molecule has 0 radical (unpaired) electrons. The van der Waals surface area contributed by atoms with Crippen molar-refractivity contribution in [3.63, 3.8) is 0 Å². The average molecular weight is 399 g/mol. The number of carbonyl (C=O) groups is 1. The minimum Gasteiger partial charge on any atom is -0.334 e. The van der Waals surface area contributed by atoms with Gasteiger partial charge in [0.1, 0.15) is 11.4 Å². The van der Waals surface area contributed by atoms with E-state index in [4.69, 9.17) is 5.73 Å². The van der Waals surface area contributed by atoms with Crippen LogP contribution in [0, 0.1) is 6.92 Å². The fourth-order valence-corrected chi connectivity index (χ4v) is 3.07. The first kappa shape index (κ1) is 22.2. The number of nitrogens with one attached hydrogen (secondary N) is 1. The van der Waals surface area contributed by atoms with E-state index in [1.807, 2.05) is 31.2 Å². The van der Waals surface area contributed by atoms with Crippen LogP contribution in [0.3, 0.4) is 0 Å². The third-order valence-electron chi connectivity index (χ3n) is 4.51. The van der Waals surface area contributed by atoms with Gasteiger partial charge in [-0.05, 0) is 26.2 Å². The van der Waals surface area contributed by atoms with Gasteiger partial charge in [0.15, 0.2) is 0 Å². The van der Waals surface area contributed by atoms with Crippen molar-refractivity contribution in [3.05, 3.63) is 51.9 Å². The molecule has 142 valence electrons. The highest BCUT2D eigenvalue weighted by atomic mass is 35.5. The summed E-state index contributed by atoms with van der Waals surface area (Å²) in [5.74, 6) is 0.180. The Bertz CT molecular complexity index is 793. The molecular weight excluding hydrogens is 375 g/mol. The molecule has 1 aromatic heterocycles. The zero-order valence-corrected chi connectivity index (χ0v) is 16.2. The molecule has 0 bridgehead atoms. The number of halogens is 2. The molecule has 1 unspecified atom stereocenters. The second kappa shape index (κ2) is 9.71.